The molecule has 0 atom stereocenters. The molecule has 0 radical (unpaired) electrons. The molecule has 0 saturated heterocycles. The van der Waals surface area contributed by atoms with Gasteiger partial charge in [-0.1, -0.05) is 0 Å². The summed E-state index contributed by atoms with van der Waals surface area (Å²) >= 11 is 0. The molecule has 5 heteroatoms. The Kier molecular flexibility index (Phi) is 2.90. The van der Waals surface area contributed by atoms with E-state index in [0.717, 1.165) is 0 Å². The number of hydroxylamine groups is 1. The summed E-state index contributed by atoms with van der Waals surface area (Å²) in [7, 11) is 0. The molecular formula is C3H8N2O3. The van der Waals surface area contributed by atoms with Gasteiger partial charge in [-0.3, -0.25) is 4.84 Å². The van der Waals surface area contributed by atoms with Crippen molar-refractivity contribution in [3.63, 3.8) is 0 Å². The molecule has 0 rings (SSSR count). The third-order valence-electron chi connectivity index (χ3n) is 0.457. The molecule has 48 valence electrons. The molecule has 0 aromatic heterocycles. The van der Waals surface area contributed by atoms with Crippen molar-refractivity contribution in [2.45, 2.75) is 6.92 Å². The maximum absolute atomic E-state index is 9.77. The minimum absolute atomic E-state index is 0.253. The van der Waals surface area contributed by atoms with E-state index in [0.29, 0.717) is 0 Å². The Balaban J connectivity index is 3.32. The monoisotopic (exact) mass is 120 g/mol. The van der Waals surface area contributed by atoms with E-state index >= 15 is 0 Å². The molecule has 0 unspecified atom stereocenters. The summed E-state index contributed by atoms with van der Waals surface area (Å²) in [5.74, 6) is 4.74. The molecule has 0 aliphatic carbocycles. The Labute approximate surface area is 46.6 Å². The van der Waals surface area contributed by atoms with Crippen LogP contribution in [0.15, 0.2) is 0 Å². The number of hydrogen-bond acceptors (Lipinski definition) is 3. The zero-order valence-electron chi connectivity index (χ0n) is 4.50. The van der Waals surface area contributed by atoms with Crippen LogP contribution in [0, 0.1) is 0 Å². The van der Waals surface area contributed by atoms with E-state index in [1.165, 1.54) is 0 Å². The Morgan fingerprint density at radius 2 is 2.50 bits per heavy atom. The standard InChI is InChI=1S/C3H8N2O3/c1-2-8-5(4)3(6)7/h2,4H2,1H3,(H,6,7). The quantitative estimate of drug-likeness (QED) is 0.300. The first-order valence-electron chi connectivity index (χ1n) is 2.09. The third-order valence-corrected chi connectivity index (χ3v) is 0.457. The highest BCUT2D eigenvalue weighted by Crippen LogP contribution is 1.78. The Hall–Kier alpha value is -0.810. The van der Waals surface area contributed by atoms with E-state index in [9.17, 15) is 4.79 Å². The molecule has 0 bridgehead atoms. The van der Waals surface area contributed by atoms with E-state index in [1.54, 1.807) is 6.92 Å². The fourth-order valence-corrected chi connectivity index (χ4v) is 0.194. The predicted octanol–water partition coefficient (Wildman–Crippen LogP) is -0.208. The van der Waals surface area contributed by atoms with Crippen LogP contribution < -0.4 is 5.84 Å². The smallest absolute Gasteiger partial charge is 0.446 e. The first-order valence-corrected chi connectivity index (χ1v) is 2.09. The number of hydrazine groups is 1. The molecule has 3 N–H and O–H groups in total. The van der Waals surface area contributed by atoms with Crippen LogP contribution >= 0.6 is 0 Å². The van der Waals surface area contributed by atoms with Gasteiger partial charge in [-0.05, 0) is 6.92 Å². The van der Waals surface area contributed by atoms with Gasteiger partial charge in [-0.25, -0.2) is 10.6 Å². The van der Waals surface area contributed by atoms with Crippen molar-refractivity contribution in [1.29, 1.82) is 0 Å². The molecule has 0 fully saturated rings. The molecule has 0 spiro atoms. The molecule has 0 aliphatic heterocycles. The molecule has 0 aromatic rings. The summed E-state index contributed by atoms with van der Waals surface area (Å²) in [6, 6.07) is 0. The van der Waals surface area contributed by atoms with Gasteiger partial charge in [-0.15, -0.1) is 5.17 Å². The fourth-order valence-electron chi connectivity index (χ4n) is 0.194. The number of rotatable bonds is 2. The van der Waals surface area contributed by atoms with Gasteiger partial charge in [0.2, 0.25) is 0 Å². The maximum Gasteiger partial charge on any atom is 0.446 e. The van der Waals surface area contributed by atoms with Crippen LogP contribution in [0.1, 0.15) is 6.92 Å². The van der Waals surface area contributed by atoms with Gasteiger partial charge in [0.25, 0.3) is 0 Å². The van der Waals surface area contributed by atoms with E-state index in [4.69, 9.17) is 10.9 Å². The Bertz CT molecular complexity index is 84.6. The molecule has 5 nitrogen and oxygen atoms in total. The summed E-state index contributed by atoms with van der Waals surface area (Å²) in [4.78, 5) is 14.1. The maximum atomic E-state index is 9.77. The van der Waals surface area contributed by atoms with Gasteiger partial charge in [-0.2, -0.15) is 0 Å². The van der Waals surface area contributed by atoms with Crippen LogP contribution in [0.25, 0.3) is 0 Å². The average molecular weight is 120 g/mol. The number of hydrogen-bond donors (Lipinski definition) is 2. The highest BCUT2D eigenvalue weighted by molar-refractivity contribution is 5.62. The second-order valence-electron chi connectivity index (χ2n) is 1.03. The Morgan fingerprint density at radius 3 is 2.62 bits per heavy atom. The largest absolute Gasteiger partial charge is 0.462 e. The lowest BCUT2D eigenvalue weighted by atomic mass is 10.9. The first-order chi connectivity index (χ1) is 3.68. The normalized spacial score (nSPS) is 8.75. The fraction of sp³-hybridized carbons (Fsp3) is 0.667. The average Bonchev–Trinajstić information content (AvgIpc) is 1.67. The molecule has 1 amide bonds. The molecule has 0 aromatic carbocycles. The van der Waals surface area contributed by atoms with E-state index < -0.39 is 6.09 Å². The summed E-state index contributed by atoms with van der Waals surface area (Å²) in [5.41, 5.74) is 0. The van der Waals surface area contributed by atoms with Crippen molar-refractivity contribution in [1.82, 2.24) is 5.17 Å². The molecule has 8 heavy (non-hydrogen) atoms. The van der Waals surface area contributed by atoms with E-state index in [-0.39, 0.29) is 11.8 Å². The van der Waals surface area contributed by atoms with Crippen LogP contribution in [-0.4, -0.2) is 23.0 Å². The van der Waals surface area contributed by atoms with Crippen molar-refractivity contribution >= 4 is 6.09 Å². The van der Waals surface area contributed by atoms with Crippen LogP contribution in [-0.2, 0) is 4.84 Å². The van der Waals surface area contributed by atoms with Crippen LogP contribution in [0.2, 0.25) is 0 Å². The zero-order valence-corrected chi connectivity index (χ0v) is 4.50. The molecule has 0 heterocycles. The van der Waals surface area contributed by atoms with Crippen molar-refractivity contribution in [3.05, 3.63) is 0 Å². The molecule has 0 aliphatic rings. The number of nitrogens with two attached hydrogens (primary N) is 1. The minimum Gasteiger partial charge on any atom is -0.462 e. The first kappa shape index (κ1) is 7.19. The highest BCUT2D eigenvalue weighted by Gasteiger charge is 2.02. The molecule has 0 saturated carbocycles. The van der Waals surface area contributed by atoms with Crippen molar-refractivity contribution in [3.8, 4) is 0 Å². The van der Waals surface area contributed by atoms with Crippen LogP contribution in [0.5, 0.6) is 0 Å². The second kappa shape index (κ2) is 3.23. The van der Waals surface area contributed by atoms with Crippen LogP contribution in [0.4, 0.5) is 4.79 Å². The lowest BCUT2D eigenvalue weighted by Crippen LogP contribution is -2.35. The third kappa shape index (κ3) is 2.38. The van der Waals surface area contributed by atoms with Gasteiger partial charge in [0.05, 0.1) is 6.61 Å². The van der Waals surface area contributed by atoms with E-state index in [2.05, 4.69) is 4.84 Å². The topological polar surface area (TPSA) is 75.8 Å². The highest BCUT2D eigenvalue weighted by atomic mass is 16.7. The van der Waals surface area contributed by atoms with Gasteiger partial charge in [0, 0.05) is 0 Å². The number of carbonyl (C=O) groups is 1. The van der Waals surface area contributed by atoms with E-state index in [1.807, 2.05) is 0 Å². The Morgan fingerprint density at radius 1 is 2.00 bits per heavy atom. The lowest BCUT2D eigenvalue weighted by Gasteiger charge is -2.08. The predicted molar refractivity (Wildman–Crippen MR) is 25.7 cm³/mol. The number of nitrogens with zero attached hydrogens (tertiary/aromatic N) is 1. The summed E-state index contributed by atoms with van der Waals surface area (Å²) in [5, 5.41) is 8.25. The zero-order chi connectivity index (χ0) is 6.57. The van der Waals surface area contributed by atoms with Gasteiger partial charge >= 0.3 is 6.09 Å². The lowest BCUT2D eigenvalue weighted by molar-refractivity contribution is -0.128. The van der Waals surface area contributed by atoms with Gasteiger partial charge in [0.1, 0.15) is 0 Å². The van der Waals surface area contributed by atoms with Crippen molar-refractivity contribution < 1.29 is 14.7 Å². The summed E-state index contributed by atoms with van der Waals surface area (Å²) in [6.07, 6.45) is -1.30. The van der Waals surface area contributed by atoms with Gasteiger partial charge < -0.3 is 5.11 Å². The van der Waals surface area contributed by atoms with Crippen molar-refractivity contribution in [2.75, 3.05) is 6.61 Å². The van der Waals surface area contributed by atoms with Crippen LogP contribution in [0.3, 0.4) is 0 Å². The van der Waals surface area contributed by atoms with Gasteiger partial charge in [0.15, 0.2) is 0 Å². The summed E-state index contributed by atoms with van der Waals surface area (Å²) in [6.45, 7) is 1.89. The second-order valence-corrected chi connectivity index (χ2v) is 1.03. The minimum atomic E-state index is -1.30. The number of amides is 1. The summed E-state index contributed by atoms with van der Waals surface area (Å²) < 4.78 is 0. The molecular weight excluding hydrogens is 112 g/mol. The number of carboxylic acid groups (broad SMARTS) is 1. The van der Waals surface area contributed by atoms with Crippen molar-refractivity contribution in [2.24, 2.45) is 5.84 Å². The SMILES string of the molecule is CCON(N)C(=O)O.